The molecule has 20 heavy (non-hydrogen) atoms. The Kier molecular flexibility index (Phi) is 4.19. The van der Waals surface area contributed by atoms with Crippen LogP contribution in [-0.2, 0) is 6.42 Å². The second kappa shape index (κ2) is 5.57. The van der Waals surface area contributed by atoms with E-state index in [0.717, 1.165) is 0 Å². The van der Waals surface area contributed by atoms with Gasteiger partial charge in [-0.05, 0) is 46.3 Å². The third-order valence-electron chi connectivity index (χ3n) is 2.46. The van der Waals surface area contributed by atoms with E-state index in [1.54, 1.807) is 4.57 Å². The molecule has 0 atom stereocenters. The number of aryl methyl sites for hydroxylation is 1. The maximum atomic E-state index is 12.2. The zero-order valence-electron chi connectivity index (χ0n) is 10.2. The van der Waals surface area contributed by atoms with Crippen LogP contribution >= 0.6 is 28.1 Å². The van der Waals surface area contributed by atoms with Crippen molar-refractivity contribution in [3.63, 3.8) is 0 Å². The minimum Gasteiger partial charge on any atom is -0.405 e. The Morgan fingerprint density at radius 1 is 1.45 bits per heavy atom. The van der Waals surface area contributed by atoms with Crippen LogP contribution in [0.5, 0.6) is 5.75 Å². The van der Waals surface area contributed by atoms with Gasteiger partial charge in [0.1, 0.15) is 11.6 Å². The van der Waals surface area contributed by atoms with Crippen molar-refractivity contribution in [2.75, 3.05) is 0 Å². The molecule has 0 unspecified atom stereocenters. The Bertz CT molecular complexity index is 680. The lowest BCUT2D eigenvalue weighted by molar-refractivity contribution is -0.274. The summed E-state index contributed by atoms with van der Waals surface area (Å²) in [6.07, 6.45) is -4.10. The molecule has 1 aromatic carbocycles. The number of halogens is 4. The van der Waals surface area contributed by atoms with Gasteiger partial charge in [0.25, 0.3) is 0 Å². The lowest BCUT2D eigenvalue weighted by Gasteiger charge is -2.12. The van der Waals surface area contributed by atoms with E-state index in [4.69, 9.17) is 12.2 Å². The van der Waals surface area contributed by atoms with E-state index in [0.29, 0.717) is 22.7 Å². The van der Waals surface area contributed by atoms with Crippen molar-refractivity contribution in [1.82, 2.24) is 14.8 Å². The van der Waals surface area contributed by atoms with E-state index < -0.39 is 6.36 Å². The fraction of sp³-hybridized carbons (Fsp3) is 0.273. The van der Waals surface area contributed by atoms with Crippen LogP contribution in [0.1, 0.15) is 12.7 Å². The molecule has 0 spiro atoms. The molecular weight excluding hydrogens is 359 g/mol. The molecule has 0 bridgehead atoms. The quantitative estimate of drug-likeness (QED) is 0.828. The van der Waals surface area contributed by atoms with E-state index in [1.165, 1.54) is 18.2 Å². The van der Waals surface area contributed by atoms with Gasteiger partial charge in [0, 0.05) is 6.42 Å². The van der Waals surface area contributed by atoms with Gasteiger partial charge in [-0.15, -0.1) is 13.2 Å². The number of rotatable bonds is 3. The predicted molar refractivity (Wildman–Crippen MR) is 72.5 cm³/mol. The molecule has 2 rings (SSSR count). The van der Waals surface area contributed by atoms with Crippen LogP contribution in [0.3, 0.4) is 0 Å². The molecule has 1 heterocycles. The van der Waals surface area contributed by atoms with Crippen LogP contribution in [0.2, 0.25) is 0 Å². The Labute approximate surface area is 125 Å². The van der Waals surface area contributed by atoms with Gasteiger partial charge in [-0.2, -0.15) is 5.10 Å². The largest absolute Gasteiger partial charge is 0.573 e. The highest BCUT2D eigenvalue weighted by atomic mass is 79.9. The number of H-pyrrole nitrogens is 1. The van der Waals surface area contributed by atoms with Gasteiger partial charge < -0.3 is 4.74 Å². The lowest BCUT2D eigenvalue weighted by Crippen LogP contribution is -2.17. The van der Waals surface area contributed by atoms with Crippen molar-refractivity contribution in [1.29, 1.82) is 0 Å². The third-order valence-corrected chi connectivity index (χ3v) is 3.35. The van der Waals surface area contributed by atoms with Gasteiger partial charge in [-0.3, -0.25) is 9.67 Å². The van der Waals surface area contributed by atoms with E-state index >= 15 is 0 Å². The van der Waals surface area contributed by atoms with Gasteiger partial charge in [-0.1, -0.05) is 6.92 Å². The van der Waals surface area contributed by atoms with E-state index in [2.05, 4.69) is 30.9 Å². The molecule has 0 amide bonds. The zero-order valence-corrected chi connectivity index (χ0v) is 12.6. The molecule has 0 saturated heterocycles. The fourth-order valence-electron chi connectivity index (χ4n) is 1.67. The molecule has 0 aliphatic heterocycles. The van der Waals surface area contributed by atoms with Crippen LogP contribution in [0.4, 0.5) is 13.2 Å². The number of aromatic nitrogens is 3. The molecule has 0 fully saturated rings. The third kappa shape index (κ3) is 3.21. The summed E-state index contributed by atoms with van der Waals surface area (Å²) < 4.78 is 42.7. The number of ether oxygens (including phenoxy) is 1. The first-order valence-electron chi connectivity index (χ1n) is 5.54. The van der Waals surface area contributed by atoms with Gasteiger partial charge in [-0.25, -0.2) is 0 Å². The van der Waals surface area contributed by atoms with Crippen LogP contribution in [-0.4, -0.2) is 21.1 Å². The number of hydrogen-bond acceptors (Lipinski definition) is 3. The fourth-order valence-corrected chi connectivity index (χ4v) is 2.37. The van der Waals surface area contributed by atoms with E-state index in [-0.39, 0.29) is 10.2 Å². The average Bonchev–Trinajstić information content (AvgIpc) is 2.71. The van der Waals surface area contributed by atoms with Crippen LogP contribution < -0.4 is 4.74 Å². The molecule has 9 heteroatoms. The molecule has 0 radical (unpaired) electrons. The standard InChI is InChI=1S/C11H9BrF3N3OS/c1-2-9-16-17-10(20)18(9)6-3-4-8(7(12)5-6)19-11(13,14)15/h3-5H,2H2,1H3,(H,17,20). The summed E-state index contributed by atoms with van der Waals surface area (Å²) in [6, 6.07) is 4.20. The highest BCUT2D eigenvalue weighted by Crippen LogP contribution is 2.32. The van der Waals surface area contributed by atoms with Crippen molar-refractivity contribution in [2.45, 2.75) is 19.7 Å². The first-order chi connectivity index (χ1) is 9.31. The molecule has 108 valence electrons. The van der Waals surface area contributed by atoms with Crippen molar-refractivity contribution in [3.05, 3.63) is 33.3 Å². The first kappa shape index (κ1) is 15.0. The molecule has 0 aliphatic carbocycles. The number of benzene rings is 1. The Hall–Kier alpha value is -1.35. The molecule has 1 aromatic heterocycles. The van der Waals surface area contributed by atoms with Crippen LogP contribution in [0.25, 0.3) is 5.69 Å². The Morgan fingerprint density at radius 3 is 2.70 bits per heavy atom. The smallest absolute Gasteiger partial charge is 0.405 e. The second-order valence-electron chi connectivity index (χ2n) is 3.80. The first-order valence-corrected chi connectivity index (χ1v) is 6.74. The van der Waals surface area contributed by atoms with Gasteiger partial charge >= 0.3 is 6.36 Å². The molecule has 2 aromatic rings. The number of alkyl halides is 3. The topological polar surface area (TPSA) is 42.8 Å². The van der Waals surface area contributed by atoms with Gasteiger partial charge in [0.15, 0.2) is 4.77 Å². The van der Waals surface area contributed by atoms with Crippen LogP contribution in [0.15, 0.2) is 22.7 Å². The predicted octanol–water partition coefficient (Wildman–Crippen LogP) is 4.15. The van der Waals surface area contributed by atoms with Gasteiger partial charge in [0.05, 0.1) is 10.2 Å². The van der Waals surface area contributed by atoms with Crippen molar-refractivity contribution in [3.8, 4) is 11.4 Å². The summed E-state index contributed by atoms with van der Waals surface area (Å²) >= 11 is 8.16. The molecule has 4 nitrogen and oxygen atoms in total. The van der Waals surface area contributed by atoms with E-state index in [1.807, 2.05) is 6.92 Å². The number of hydrogen-bond donors (Lipinski definition) is 1. The molecule has 0 aliphatic rings. The SMILES string of the molecule is CCc1n[nH]c(=S)n1-c1ccc(OC(F)(F)F)c(Br)c1. The highest BCUT2D eigenvalue weighted by molar-refractivity contribution is 9.10. The van der Waals surface area contributed by atoms with Crippen molar-refractivity contribution in [2.24, 2.45) is 0 Å². The summed E-state index contributed by atoms with van der Waals surface area (Å²) in [7, 11) is 0. The van der Waals surface area contributed by atoms with Gasteiger partial charge in [0.2, 0.25) is 0 Å². The van der Waals surface area contributed by atoms with Crippen LogP contribution in [0, 0.1) is 4.77 Å². The minimum atomic E-state index is -4.73. The Balaban J connectivity index is 2.43. The van der Waals surface area contributed by atoms with Crippen molar-refractivity contribution >= 4 is 28.1 Å². The number of nitrogens with zero attached hydrogens (tertiary/aromatic N) is 2. The maximum absolute atomic E-state index is 12.2. The average molecular weight is 368 g/mol. The monoisotopic (exact) mass is 367 g/mol. The second-order valence-corrected chi connectivity index (χ2v) is 5.04. The maximum Gasteiger partial charge on any atom is 0.573 e. The molecule has 0 saturated carbocycles. The Morgan fingerprint density at radius 2 is 2.15 bits per heavy atom. The lowest BCUT2D eigenvalue weighted by atomic mass is 10.3. The highest BCUT2D eigenvalue weighted by Gasteiger charge is 2.32. The summed E-state index contributed by atoms with van der Waals surface area (Å²) in [5, 5.41) is 6.69. The zero-order chi connectivity index (χ0) is 14.9. The van der Waals surface area contributed by atoms with Crippen molar-refractivity contribution < 1.29 is 17.9 Å². The summed E-state index contributed by atoms with van der Waals surface area (Å²) in [5.41, 5.74) is 0.599. The summed E-state index contributed by atoms with van der Waals surface area (Å²) in [5.74, 6) is 0.376. The minimum absolute atomic E-state index is 0.178. The van der Waals surface area contributed by atoms with E-state index in [9.17, 15) is 13.2 Å². The normalized spacial score (nSPS) is 11.7. The molecule has 1 N–H and O–H groups in total. The summed E-state index contributed by atoms with van der Waals surface area (Å²) in [4.78, 5) is 0. The molecular formula is C11H9BrF3N3OS. The number of aromatic amines is 1. The number of nitrogens with one attached hydrogen (secondary N) is 1. The summed E-state index contributed by atoms with van der Waals surface area (Å²) in [6.45, 7) is 1.90.